The van der Waals surface area contributed by atoms with Gasteiger partial charge < -0.3 is 14.6 Å². The van der Waals surface area contributed by atoms with Crippen molar-refractivity contribution in [2.75, 3.05) is 33.4 Å². The van der Waals surface area contributed by atoms with Gasteiger partial charge in [-0.1, -0.05) is 0 Å². The molecule has 1 aliphatic rings. The Labute approximate surface area is 100 Å². The Balaban J connectivity index is 2.59. The van der Waals surface area contributed by atoms with Crippen molar-refractivity contribution >= 4 is 11.9 Å². The first kappa shape index (κ1) is 13.9. The van der Waals surface area contributed by atoms with Crippen LogP contribution in [0.5, 0.6) is 0 Å². The Morgan fingerprint density at radius 1 is 1.59 bits per heavy atom. The first-order chi connectivity index (χ1) is 8.06. The van der Waals surface area contributed by atoms with E-state index in [0.717, 1.165) is 6.54 Å². The molecule has 1 saturated heterocycles. The number of hydrogen-bond acceptors (Lipinski definition) is 5. The third kappa shape index (κ3) is 3.98. The van der Waals surface area contributed by atoms with E-state index in [1.54, 1.807) is 6.92 Å². The topological polar surface area (TPSA) is 76.1 Å². The van der Waals surface area contributed by atoms with Crippen LogP contribution in [-0.4, -0.2) is 61.4 Å². The lowest BCUT2D eigenvalue weighted by Crippen LogP contribution is -2.45. The van der Waals surface area contributed by atoms with Gasteiger partial charge in [0, 0.05) is 12.6 Å². The van der Waals surface area contributed by atoms with Gasteiger partial charge in [0.05, 0.1) is 19.8 Å². The lowest BCUT2D eigenvalue weighted by molar-refractivity contribution is -0.160. The summed E-state index contributed by atoms with van der Waals surface area (Å²) < 4.78 is 10.0. The highest BCUT2D eigenvalue weighted by atomic mass is 16.5. The molecule has 0 aliphatic carbocycles. The first-order valence-electron chi connectivity index (χ1n) is 5.73. The van der Waals surface area contributed by atoms with Crippen molar-refractivity contribution < 1.29 is 24.2 Å². The molecule has 0 aromatic rings. The van der Waals surface area contributed by atoms with Crippen LogP contribution in [0.25, 0.3) is 0 Å². The second kappa shape index (κ2) is 6.56. The predicted octanol–water partition coefficient (Wildman–Crippen LogP) is -0.0290. The van der Waals surface area contributed by atoms with Gasteiger partial charge in [-0.15, -0.1) is 0 Å². The number of likely N-dealkylation sites (N-methyl/N-ethyl adjacent to an activating group) is 1. The summed E-state index contributed by atoms with van der Waals surface area (Å²) >= 11 is 0. The van der Waals surface area contributed by atoms with E-state index in [9.17, 15) is 9.59 Å². The first-order valence-corrected chi connectivity index (χ1v) is 5.73. The number of morpholine rings is 1. The van der Waals surface area contributed by atoms with Crippen LogP contribution in [0.3, 0.4) is 0 Å². The zero-order chi connectivity index (χ0) is 12.8. The van der Waals surface area contributed by atoms with Gasteiger partial charge in [-0.25, -0.2) is 0 Å². The average molecular weight is 245 g/mol. The summed E-state index contributed by atoms with van der Waals surface area (Å²) in [5.41, 5.74) is 0. The zero-order valence-corrected chi connectivity index (χ0v) is 10.2. The highest BCUT2D eigenvalue weighted by molar-refractivity contribution is 5.93. The van der Waals surface area contributed by atoms with E-state index in [0.29, 0.717) is 13.2 Å². The molecule has 17 heavy (non-hydrogen) atoms. The maximum absolute atomic E-state index is 11.5. The van der Waals surface area contributed by atoms with Crippen LogP contribution in [0.1, 0.15) is 13.3 Å². The number of carbonyl (C=O) groups is 2. The van der Waals surface area contributed by atoms with Crippen LogP contribution in [0.2, 0.25) is 0 Å². The van der Waals surface area contributed by atoms with E-state index in [1.165, 1.54) is 0 Å². The summed E-state index contributed by atoms with van der Waals surface area (Å²) in [6.45, 7) is 3.70. The van der Waals surface area contributed by atoms with E-state index in [1.807, 2.05) is 11.9 Å². The smallest absolute Gasteiger partial charge is 0.320 e. The van der Waals surface area contributed by atoms with Crippen molar-refractivity contribution in [3.05, 3.63) is 0 Å². The molecule has 6 heteroatoms. The van der Waals surface area contributed by atoms with Crippen molar-refractivity contribution in [1.82, 2.24) is 4.90 Å². The number of aliphatic carboxylic acids is 1. The largest absolute Gasteiger partial charge is 0.481 e. The van der Waals surface area contributed by atoms with Gasteiger partial charge >= 0.3 is 11.9 Å². The molecule has 6 nitrogen and oxygen atoms in total. The fraction of sp³-hybridized carbons (Fsp3) is 0.818. The number of esters is 1. The summed E-state index contributed by atoms with van der Waals surface area (Å²) in [4.78, 5) is 24.6. The van der Waals surface area contributed by atoms with Crippen molar-refractivity contribution in [3.8, 4) is 0 Å². The SMILES string of the molecule is CCOC(=O)C(CC1COCCN1C)C(=O)O. The molecule has 2 atom stereocenters. The number of carboxylic acid groups (broad SMARTS) is 1. The minimum atomic E-state index is -1.14. The minimum Gasteiger partial charge on any atom is -0.481 e. The van der Waals surface area contributed by atoms with Gasteiger partial charge in [-0.3, -0.25) is 14.5 Å². The van der Waals surface area contributed by atoms with E-state index < -0.39 is 17.9 Å². The Morgan fingerprint density at radius 3 is 2.82 bits per heavy atom. The molecular weight excluding hydrogens is 226 g/mol. The average Bonchev–Trinajstić information content (AvgIpc) is 2.27. The third-order valence-corrected chi connectivity index (χ3v) is 2.90. The molecule has 0 amide bonds. The molecule has 0 radical (unpaired) electrons. The Bertz CT molecular complexity index is 281. The van der Waals surface area contributed by atoms with E-state index in [4.69, 9.17) is 14.6 Å². The number of carboxylic acids is 1. The fourth-order valence-corrected chi connectivity index (χ4v) is 1.80. The quantitative estimate of drug-likeness (QED) is 0.541. The van der Waals surface area contributed by atoms with Crippen LogP contribution in [0.4, 0.5) is 0 Å². The number of carbonyl (C=O) groups excluding carboxylic acids is 1. The molecule has 1 fully saturated rings. The maximum atomic E-state index is 11.5. The lowest BCUT2D eigenvalue weighted by atomic mass is 9.99. The summed E-state index contributed by atoms with van der Waals surface area (Å²) in [6, 6.07) is -0.0470. The van der Waals surface area contributed by atoms with Crippen molar-refractivity contribution in [2.45, 2.75) is 19.4 Å². The monoisotopic (exact) mass is 245 g/mol. The fourth-order valence-electron chi connectivity index (χ4n) is 1.80. The molecule has 0 aromatic heterocycles. The molecule has 1 aliphatic heterocycles. The second-order valence-electron chi connectivity index (χ2n) is 4.09. The van der Waals surface area contributed by atoms with Gasteiger partial charge in [0.25, 0.3) is 0 Å². The van der Waals surface area contributed by atoms with Crippen LogP contribution in [-0.2, 0) is 19.1 Å². The third-order valence-electron chi connectivity index (χ3n) is 2.90. The highest BCUT2D eigenvalue weighted by Gasteiger charge is 2.33. The Morgan fingerprint density at radius 2 is 2.29 bits per heavy atom. The standard InChI is InChI=1S/C11H19NO5/c1-3-17-11(15)9(10(13)14)6-8-7-16-5-4-12(8)2/h8-9H,3-7H2,1-2H3,(H,13,14). The maximum Gasteiger partial charge on any atom is 0.320 e. The molecule has 0 spiro atoms. The Hall–Kier alpha value is -1.14. The number of rotatable bonds is 5. The molecular formula is C11H19NO5. The van der Waals surface area contributed by atoms with E-state index >= 15 is 0 Å². The second-order valence-corrected chi connectivity index (χ2v) is 4.09. The summed E-state index contributed by atoms with van der Waals surface area (Å²) in [6.07, 6.45) is 0.227. The number of nitrogens with zero attached hydrogens (tertiary/aromatic N) is 1. The molecule has 0 aromatic carbocycles. The zero-order valence-electron chi connectivity index (χ0n) is 10.2. The summed E-state index contributed by atoms with van der Waals surface area (Å²) in [5.74, 6) is -2.91. The molecule has 1 N–H and O–H groups in total. The van der Waals surface area contributed by atoms with Crippen LogP contribution < -0.4 is 0 Å². The molecule has 2 unspecified atom stereocenters. The predicted molar refractivity (Wildman–Crippen MR) is 59.6 cm³/mol. The molecule has 0 bridgehead atoms. The van der Waals surface area contributed by atoms with Gasteiger partial charge in [0.1, 0.15) is 0 Å². The summed E-state index contributed by atoms with van der Waals surface area (Å²) in [7, 11) is 1.90. The van der Waals surface area contributed by atoms with E-state index in [-0.39, 0.29) is 19.1 Å². The van der Waals surface area contributed by atoms with Gasteiger partial charge in [-0.05, 0) is 20.4 Å². The molecule has 1 heterocycles. The lowest BCUT2D eigenvalue weighted by Gasteiger charge is -2.33. The Kier molecular flexibility index (Phi) is 5.37. The molecule has 0 saturated carbocycles. The number of ether oxygens (including phenoxy) is 2. The van der Waals surface area contributed by atoms with Crippen LogP contribution >= 0.6 is 0 Å². The molecule has 1 rings (SSSR count). The van der Waals surface area contributed by atoms with Gasteiger partial charge in [-0.2, -0.15) is 0 Å². The normalized spacial score (nSPS) is 23.1. The highest BCUT2D eigenvalue weighted by Crippen LogP contribution is 2.16. The minimum absolute atomic E-state index is 0.0470. The van der Waals surface area contributed by atoms with Gasteiger partial charge in [0.2, 0.25) is 0 Å². The van der Waals surface area contributed by atoms with Crippen molar-refractivity contribution in [3.63, 3.8) is 0 Å². The van der Waals surface area contributed by atoms with Crippen molar-refractivity contribution in [1.29, 1.82) is 0 Å². The summed E-state index contributed by atoms with van der Waals surface area (Å²) in [5, 5.41) is 9.03. The molecule has 98 valence electrons. The van der Waals surface area contributed by atoms with Gasteiger partial charge in [0.15, 0.2) is 5.92 Å². The van der Waals surface area contributed by atoms with Crippen LogP contribution in [0.15, 0.2) is 0 Å². The number of hydrogen-bond donors (Lipinski definition) is 1. The van der Waals surface area contributed by atoms with E-state index in [2.05, 4.69) is 0 Å². The van der Waals surface area contributed by atoms with Crippen LogP contribution in [0, 0.1) is 5.92 Å². The van der Waals surface area contributed by atoms with Crippen molar-refractivity contribution in [2.24, 2.45) is 5.92 Å².